The maximum absolute atomic E-state index is 2.37. The summed E-state index contributed by atoms with van der Waals surface area (Å²) in [5.41, 5.74) is 12.8. The smallest absolute Gasteiger partial charge is 0.00202 e. The van der Waals surface area contributed by atoms with Gasteiger partial charge in [-0.25, -0.2) is 0 Å². The summed E-state index contributed by atoms with van der Waals surface area (Å²) in [6.45, 7) is 15.6. The predicted molar refractivity (Wildman–Crippen MR) is 88.8 cm³/mol. The molecule has 0 aliphatic rings. The van der Waals surface area contributed by atoms with Crippen LogP contribution in [0.4, 0.5) is 0 Å². The molecule has 0 bridgehead atoms. The second kappa shape index (κ2) is 5.44. The molecule has 0 aliphatic carbocycles. The highest BCUT2D eigenvalue weighted by atomic mass is 14.1. The van der Waals surface area contributed by atoms with E-state index < -0.39 is 0 Å². The second-order valence-electron chi connectivity index (χ2n) is 6.27. The van der Waals surface area contributed by atoms with E-state index in [1.807, 2.05) is 0 Å². The fraction of sp³-hybridized carbons (Fsp3) is 0.400. The van der Waals surface area contributed by atoms with Gasteiger partial charge >= 0.3 is 0 Å². The lowest BCUT2D eigenvalue weighted by atomic mass is 9.89. The molecule has 0 spiro atoms. The van der Waals surface area contributed by atoms with Gasteiger partial charge in [-0.05, 0) is 105 Å². The van der Waals surface area contributed by atoms with E-state index in [4.69, 9.17) is 0 Å². The topological polar surface area (TPSA) is 0 Å². The molecule has 0 amide bonds. The fourth-order valence-corrected chi connectivity index (χ4v) is 2.90. The maximum Gasteiger partial charge on any atom is -0.00202 e. The first kappa shape index (κ1) is 14.8. The molecule has 0 N–H and O–H groups in total. The van der Waals surface area contributed by atoms with Crippen LogP contribution in [0.3, 0.4) is 0 Å². The fourth-order valence-electron chi connectivity index (χ4n) is 2.90. The zero-order valence-electron chi connectivity index (χ0n) is 13.9. The molecule has 20 heavy (non-hydrogen) atoms. The highest BCUT2D eigenvalue weighted by molar-refractivity contribution is 5.47. The lowest BCUT2D eigenvalue weighted by molar-refractivity contribution is 1.08. The molecule has 0 nitrogen and oxygen atoms in total. The van der Waals surface area contributed by atoms with Crippen molar-refractivity contribution in [3.8, 4) is 0 Å². The van der Waals surface area contributed by atoms with Crippen LogP contribution in [0, 0.1) is 48.5 Å². The van der Waals surface area contributed by atoms with Crippen LogP contribution >= 0.6 is 0 Å². The second-order valence-corrected chi connectivity index (χ2v) is 6.27. The Morgan fingerprint density at radius 2 is 1.05 bits per heavy atom. The number of hydrogen-bond donors (Lipinski definition) is 0. The molecular weight excluding hydrogens is 240 g/mol. The number of hydrogen-bond acceptors (Lipinski definition) is 0. The normalized spacial score (nSPS) is 10.9. The van der Waals surface area contributed by atoms with Crippen molar-refractivity contribution >= 4 is 0 Å². The summed E-state index contributed by atoms with van der Waals surface area (Å²) in [5, 5.41) is 0. The van der Waals surface area contributed by atoms with Gasteiger partial charge < -0.3 is 0 Å². The molecule has 0 saturated heterocycles. The number of benzene rings is 2. The van der Waals surface area contributed by atoms with Crippen LogP contribution in [0.25, 0.3) is 0 Å². The Bertz CT molecular complexity index is 660. The molecule has 0 aromatic heterocycles. The Labute approximate surface area is 123 Å². The van der Waals surface area contributed by atoms with E-state index in [1.54, 1.807) is 0 Å². The quantitative estimate of drug-likeness (QED) is 0.679. The third-order valence-electron chi connectivity index (χ3n) is 4.92. The van der Waals surface area contributed by atoms with Gasteiger partial charge in [0.2, 0.25) is 0 Å². The third kappa shape index (κ3) is 2.65. The van der Waals surface area contributed by atoms with E-state index in [2.05, 4.69) is 66.7 Å². The van der Waals surface area contributed by atoms with Gasteiger partial charge in [0, 0.05) is 0 Å². The zero-order chi connectivity index (χ0) is 15.0. The molecule has 0 heteroatoms. The lowest BCUT2D eigenvalue weighted by Gasteiger charge is -2.16. The molecule has 2 rings (SSSR count). The lowest BCUT2D eigenvalue weighted by Crippen LogP contribution is -2.01. The first-order valence-electron chi connectivity index (χ1n) is 7.44. The van der Waals surface area contributed by atoms with E-state index in [1.165, 1.54) is 50.1 Å². The molecule has 0 aliphatic heterocycles. The van der Waals surface area contributed by atoms with E-state index >= 15 is 0 Å². The zero-order valence-corrected chi connectivity index (χ0v) is 13.9. The van der Waals surface area contributed by atoms with Crippen LogP contribution in [0.2, 0.25) is 0 Å². The van der Waals surface area contributed by atoms with Gasteiger partial charge in [0.15, 0.2) is 0 Å². The van der Waals surface area contributed by atoms with Gasteiger partial charge in [0.1, 0.15) is 0 Å². The molecule has 0 atom stereocenters. The summed E-state index contributed by atoms with van der Waals surface area (Å²) in [6, 6.07) is 7.04. The largest absolute Gasteiger partial charge is 0.0558 e. The van der Waals surface area contributed by atoms with Crippen LogP contribution in [0.1, 0.15) is 50.1 Å². The monoisotopic (exact) mass is 266 g/mol. The highest BCUT2D eigenvalue weighted by Crippen LogP contribution is 2.25. The van der Waals surface area contributed by atoms with Crippen LogP contribution in [-0.2, 0) is 6.42 Å². The summed E-state index contributed by atoms with van der Waals surface area (Å²) >= 11 is 0. The number of aryl methyl sites for hydroxylation is 4. The summed E-state index contributed by atoms with van der Waals surface area (Å²) in [4.78, 5) is 0. The van der Waals surface area contributed by atoms with Crippen molar-refractivity contribution in [1.82, 2.24) is 0 Å². The minimum atomic E-state index is 1.04. The predicted octanol–water partition coefficient (Wildman–Crippen LogP) is 5.44. The molecule has 2 aromatic rings. The number of rotatable bonds is 2. The van der Waals surface area contributed by atoms with Crippen LogP contribution in [-0.4, -0.2) is 0 Å². The molecular formula is C20H26. The van der Waals surface area contributed by atoms with Gasteiger partial charge in [-0.1, -0.05) is 18.2 Å². The van der Waals surface area contributed by atoms with Gasteiger partial charge in [0.25, 0.3) is 0 Å². The molecule has 0 radical (unpaired) electrons. The molecule has 0 unspecified atom stereocenters. The molecule has 2 aromatic carbocycles. The maximum atomic E-state index is 2.37. The SMILES string of the molecule is Cc1cc(C)c(Cc2cc(C)c(C)c(C)c2C)cc1C. The van der Waals surface area contributed by atoms with Crippen LogP contribution < -0.4 is 0 Å². The van der Waals surface area contributed by atoms with E-state index in [0.717, 1.165) is 6.42 Å². The van der Waals surface area contributed by atoms with Crippen molar-refractivity contribution < 1.29 is 0 Å². The van der Waals surface area contributed by atoms with Crippen molar-refractivity contribution in [3.63, 3.8) is 0 Å². The molecule has 0 heterocycles. The minimum Gasteiger partial charge on any atom is -0.0558 e. The average Bonchev–Trinajstić information content (AvgIpc) is 2.39. The summed E-state index contributed by atoms with van der Waals surface area (Å²) in [5.74, 6) is 0. The Hall–Kier alpha value is -1.56. The standard InChI is InChI=1S/C20H26/c1-12-8-15(4)19(9-13(12)2)11-20-10-14(3)16(5)17(6)18(20)7/h8-10H,11H2,1-7H3. The summed E-state index contributed by atoms with van der Waals surface area (Å²) in [7, 11) is 0. The van der Waals surface area contributed by atoms with E-state index in [0.29, 0.717) is 0 Å². The Kier molecular flexibility index (Phi) is 4.04. The van der Waals surface area contributed by atoms with Crippen molar-refractivity contribution in [3.05, 3.63) is 68.3 Å². The van der Waals surface area contributed by atoms with Gasteiger partial charge in [-0.15, -0.1) is 0 Å². The molecule has 0 saturated carbocycles. The Morgan fingerprint density at radius 3 is 1.70 bits per heavy atom. The van der Waals surface area contributed by atoms with Crippen molar-refractivity contribution in [1.29, 1.82) is 0 Å². The van der Waals surface area contributed by atoms with Crippen molar-refractivity contribution in [2.75, 3.05) is 0 Å². The average molecular weight is 266 g/mol. The molecule has 106 valence electrons. The van der Waals surface area contributed by atoms with Crippen LogP contribution in [0.5, 0.6) is 0 Å². The Balaban J connectivity index is 2.48. The van der Waals surface area contributed by atoms with E-state index in [-0.39, 0.29) is 0 Å². The summed E-state index contributed by atoms with van der Waals surface area (Å²) in [6.07, 6.45) is 1.04. The first-order valence-corrected chi connectivity index (χ1v) is 7.44. The van der Waals surface area contributed by atoms with Gasteiger partial charge in [0.05, 0.1) is 0 Å². The third-order valence-corrected chi connectivity index (χ3v) is 4.92. The minimum absolute atomic E-state index is 1.04. The summed E-state index contributed by atoms with van der Waals surface area (Å²) < 4.78 is 0. The van der Waals surface area contributed by atoms with Gasteiger partial charge in [-0.3, -0.25) is 0 Å². The van der Waals surface area contributed by atoms with Gasteiger partial charge in [-0.2, -0.15) is 0 Å². The van der Waals surface area contributed by atoms with Crippen LogP contribution in [0.15, 0.2) is 18.2 Å². The van der Waals surface area contributed by atoms with Crippen molar-refractivity contribution in [2.45, 2.75) is 54.9 Å². The van der Waals surface area contributed by atoms with E-state index in [9.17, 15) is 0 Å². The molecule has 0 fully saturated rings. The highest BCUT2D eigenvalue weighted by Gasteiger charge is 2.09. The Morgan fingerprint density at radius 1 is 0.500 bits per heavy atom. The van der Waals surface area contributed by atoms with Crippen molar-refractivity contribution in [2.24, 2.45) is 0 Å². The first-order chi connectivity index (χ1) is 9.31.